The molecule has 1 aliphatic rings. The molecule has 0 spiro atoms. The van der Waals surface area contributed by atoms with Gasteiger partial charge in [-0.05, 0) is 41.0 Å². The van der Waals surface area contributed by atoms with Gasteiger partial charge in [-0.3, -0.25) is 29.3 Å². The number of imidazole rings is 1. The van der Waals surface area contributed by atoms with Crippen LogP contribution in [0.1, 0.15) is 50.1 Å². The summed E-state index contributed by atoms with van der Waals surface area (Å²) in [6.45, 7) is 4.80. The molecule has 5 aromatic rings. The lowest BCUT2D eigenvalue weighted by Crippen LogP contribution is -2.39. The molecule has 2 aromatic heterocycles. The number of aromatic nitrogens is 4. The van der Waals surface area contributed by atoms with E-state index < -0.39 is 35.6 Å². The van der Waals surface area contributed by atoms with Crippen LogP contribution in [0.15, 0.2) is 90.0 Å². The molecular weight excluding hydrogens is 642 g/mol. The minimum absolute atomic E-state index is 0.00225. The Bertz CT molecular complexity index is 1960. The Balaban J connectivity index is 1.38. The average Bonchev–Trinajstić information content (AvgIpc) is 3.73. The highest BCUT2D eigenvalue weighted by Gasteiger charge is 2.44. The lowest BCUT2D eigenvalue weighted by molar-refractivity contribution is -0.153. The predicted octanol–water partition coefficient (Wildman–Crippen LogP) is 4.96. The molecule has 13 nitrogen and oxygen atoms in total. The molecule has 50 heavy (non-hydrogen) atoms. The largest absolute Gasteiger partial charge is 0.497 e. The standard InChI is InChI=1S/C37H39N5O8/c1-22(2)34(44)40-36-39-33-32(35(45)41-36)38-21-42(33)31-19-29(49-23(3)43)30(50-31)20-48-37(24-9-7-6-8-10-24,25-11-15-27(46-4)16-12-25)26-13-17-28(47-5)18-14-26/h6-18,21-22,29-31H,19-20H2,1-5H3,(H2,39,40,41,44,45). The lowest BCUT2D eigenvalue weighted by atomic mass is 9.80. The average molecular weight is 682 g/mol. The van der Waals surface area contributed by atoms with Crippen molar-refractivity contribution in [1.82, 2.24) is 19.5 Å². The number of anilines is 1. The van der Waals surface area contributed by atoms with Gasteiger partial charge in [-0.25, -0.2) is 4.98 Å². The number of amides is 1. The van der Waals surface area contributed by atoms with Crippen LogP contribution in [0, 0.1) is 5.92 Å². The Morgan fingerprint density at radius 1 is 0.960 bits per heavy atom. The van der Waals surface area contributed by atoms with E-state index in [1.807, 2.05) is 78.9 Å². The number of carbonyl (C=O) groups is 2. The summed E-state index contributed by atoms with van der Waals surface area (Å²) < 4.78 is 31.9. The molecular formula is C37H39N5O8. The SMILES string of the molecule is COc1ccc(C(OCC2OC(n3cnc4c(=O)[nH]c(NC(=O)C(C)C)nc43)CC2OC(C)=O)(c2ccccc2)c2ccc(OC)cc2)cc1. The van der Waals surface area contributed by atoms with E-state index in [0.717, 1.165) is 16.7 Å². The zero-order chi connectivity index (χ0) is 35.4. The number of nitrogens with one attached hydrogen (secondary N) is 2. The first-order valence-electron chi connectivity index (χ1n) is 16.2. The number of ether oxygens (including phenoxy) is 5. The Labute approximate surface area is 288 Å². The van der Waals surface area contributed by atoms with Crippen LogP contribution in [0.4, 0.5) is 5.95 Å². The number of nitrogens with zero attached hydrogens (tertiary/aromatic N) is 3. The smallest absolute Gasteiger partial charge is 0.302 e. The first-order chi connectivity index (χ1) is 24.1. The van der Waals surface area contributed by atoms with Crippen molar-refractivity contribution >= 4 is 29.0 Å². The van der Waals surface area contributed by atoms with Gasteiger partial charge >= 0.3 is 5.97 Å². The monoisotopic (exact) mass is 681 g/mol. The first-order valence-corrected chi connectivity index (χ1v) is 16.2. The normalized spacial score (nSPS) is 17.5. The summed E-state index contributed by atoms with van der Waals surface area (Å²) in [5.41, 5.74) is 1.13. The van der Waals surface area contributed by atoms with Gasteiger partial charge in [0.2, 0.25) is 11.9 Å². The molecule has 0 radical (unpaired) electrons. The van der Waals surface area contributed by atoms with Gasteiger partial charge in [0.1, 0.15) is 35.5 Å². The topological polar surface area (TPSA) is 156 Å². The van der Waals surface area contributed by atoms with E-state index in [1.54, 1.807) is 32.6 Å². The van der Waals surface area contributed by atoms with Crippen LogP contribution in [0.2, 0.25) is 0 Å². The van der Waals surface area contributed by atoms with Crippen LogP contribution in [0.5, 0.6) is 11.5 Å². The van der Waals surface area contributed by atoms with Crippen LogP contribution < -0.4 is 20.3 Å². The second kappa shape index (κ2) is 14.5. The van der Waals surface area contributed by atoms with Crippen LogP contribution in [0.25, 0.3) is 11.2 Å². The van der Waals surface area contributed by atoms with Gasteiger partial charge in [0.15, 0.2) is 11.2 Å². The van der Waals surface area contributed by atoms with E-state index in [1.165, 1.54) is 13.3 Å². The van der Waals surface area contributed by atoms with Gasteiger partial charge in [0.25, 0.3) is 5.56 Å². The number of rotatable bonds is 12. The van der Waals surface area contributed by atoms with Crippen molar-refractivity contribution in [3.63, 3.8) is 0 Å². The van der Waals surface area contributed by atoms with Gasteiger partial charge in [-0.1, -0.05) is 68.4 Å². The van der Waals surface area contributed by atoms with E-state index in [4.69, 9.17) is 23.7 Å². The minimum atomic E-state index is -1.14. The minimum Gasteiger partial charge on any atom is -0.497 e. The molecule has 3 aromatic carbocycles. The maximum atomic E-state index is 12.9. The maximum Gasteiger partial charge on any atom is 0.302 e. The van der Waals surface area contributed by atoms with E-state index in [-0.39, 0.29) is 42.0 Å². The van der Waals surface area contributed by atoms with Crippen molar-refractivity contribution in [3.05, 3.63) is 112 Å². The molecule has 1 aliphatic heterocycles. The number of aromatic amines is 1. The lowest BCUT2D eigenvalue weighted by Gasteiger charge is -2.37. The Hall–Kier alpha value is -5.53. The zero-order valence-corrected chi connectivity index (χ0v) is 28.4. The number of benzene rings is 3. The Morgan fingerprint density at radius 3 is 2.12 bits per heavy atom. The molecule has 3 atom stereocenters. The van der Waals surface area contributed by atoms with E-state index in [9.17, 15) is 14.4 Å². The van der Waals surface area contributed by atoms with E-state index >= 15 is 0 Å². The summed E-state index contributed by atoms with van der Waals surface area (Å²) in [5, 5.41) is 2.63. The Morgan fingerprint density at radius 2 is 1.56 bits per heavy atom. The van der Waals surface area contributed by atoms with E-state index in [0.29, 0.717) is 11.5 Å². The third-order valence-corrected chi connectivity index (χ3v) is 8.64. The van der Waals surface area contributed by atoms with Crippen molar-refractivity contribution in [2.45, 2.75) is 51.2 Å². The van der Waals surface area contributed by atoms with E-state index in [2.05, 4.69) is 20.3 Å². The van der Waals surface area contributed by atoms with Gasteiger partial charge in [0, 0.05) is 19.3 Å². The highest BCUT2D eigenvalue weighted by atomic mass is 16.6. The highest BCUT2D eigenvalue weighted by Crippen LogP contribution is 2.43. The third kappa shape index (κ3) is 6.82. The van der Waals surface area contributed by atoms with Crippen molar-refractivity contribution in [2.24, 2.45) is 5.92 Å². The number of methoxy groups -OCH3 is 2. The molecule has 2 N–H and O–H groups in total. The van der Waals surface area contributed by atoms with Crippen molar-refractivity contribution < 1.29 is 33.3 Å². The number of fused-ring (bicyclic) bond motifs is 1. The van der Waals surface area contributed by atoms with Crippen molar-refractivity contribution in [2.75, 3.05) is 26.1 Å². The van der Waals surface area contributed by atoms with Gasteiger partial charge < -0.3 is 23.7 Å². The molecule has 3 heterocycles. The van der Waals surface area contributed by atoms with Crippen molar-refractivity contribution in [3.8, 4) is 11.5 Å². The third-order valence-electron chi connectivity index (χ3n) is 8.64. The molecule has 3 unspecified atom stereocenters. The molecule has 1 amide bonds. The molecule has 0 saturated carbocycles. The zero-order valence-electron chi connectivity index (χ0n) is 28.4. The van der Waals surface area contributed by atoms with Crippen LogP contribution in [-0.2, 0) is 29.4 Å². The molecule has 1 fully saturated rings. The summed E-state index contributed by atoms with van der Waals surface area (Å²) in [5.74, 6) is 0.252. The summed E-state index contributed by atoms with van der Waals surface area (Å²) in [6.07, 6.45) is -0.498. The number of H-pyrrole nitrogens is 1. The fourth-order valence-electron chi connectivity index (χ4n) is 6.10. The number of hydrogen-bond donors (Lipinski definition) is 2. The first kappa shape index (κ1) is 34.3. The molecule has 0 aliphatic carbocycles. The summed E-state index contributed by atoms with van der Waals surface area (Å²) >= 11 is 0. The number of carbonyl (C=O) groups excluding carboxylic acids is 2. The van der Waals surface area contributed by atoms with Gasteiger partial charge in [0.05, 0.1) is 27.2 Å². The quantitative estimate of drug-likeness (QED) is 0.136. The molecule has 0 bridgehead atoms. The maximum absolute atomic E-state index is 12.9. The highest BCUT2D eigenvalue weighted by molar-refractivity contribution is 5.91. The van der Waals surface area contributed by atoms with Gasteiger partial charge in [-0.2, -0.15) is 4.98 Å². The Kier molecular flexibility index (Phi) is 9.98. The summed E-state index contributed by atoms with van der Waals surface area (Å²) in [7, 11) is 3.22. The van der Waals surface area contributed by atoms with Gasteiger partial charge in [-0.15, -0.1) is 0 Å². The molecule has 13 heteroatoms. The molecule has 1 saturated heterocycles. The second-order valence-electron chi connectivity index (χ2n) is 12.2. The number of esters is 1. The van der Waals surface area contributed by atoms with Crippen molar-refractivity contribution in [1.29, 1.82) is 0 Å². The number of hydrogen-bond acceptors (Lipinski definition) is 10. The van der Waals surface area contributed by atoms with Crippen LogP contribution in [0.3, 0.4) is 0 Å². The molecule has 260 valence electrons. The fourth-order valence-corrected chi connectivity index (χ4v) is 6.10. The predicted molar refractivity (Wildman–Crippen MR) is 184 cm³/mol. The van der Waals surface area contributed by atoms with Crippen LogP contribution >= 0.6 is 0 Å². The second-order valence-corrected chi connectivity index (χ2v) is 12.2. The fraction of sp³-hybridized carbons (Fsp3) is 0.324. The van der Waals surface area contributed by atoms with Crippen LogP contribution in [-0.4, -0.2) is 64.4 Å². The summed E-state index contributed by atoms with van der Waals surface area (Å²) in [6, 6.07) is 25.1. The summed E-state index contributed by atoms with van der Waals surface area (Å²) in [4.78, 5) is 48.9. The molecule has 6 rings (SSSR count).